The molecule has 7 nitrogen and oxygen atoms in total. The van der Waals surface area contributed by atoms with Gasteiger partial charge in [0, 0.05) is 22.7 Å². The van der Waals surface area contributed by atoms with E-state index in [4.69, 9.17) is 23.9 Å². The number of nitrogens with one attached hydrogen (secondary N) is 1. The largest absolute Gasteiger partial charge is 0.454 e. The normalized spacial score (nSPS) is 13.4. The van der Waals surface area contributed by atoms with Gasteiger partial charge in [-0.1, -0.05) is 18.2 Å². The molecule has 0 saturated heterocycles. The third-order valence-corrected chi connectivity index (χ3v) is 5.26. The van der Waals surface area contributed by atoms with Gasteiger partial charge in [0.05, 0.1) is 16.8 Å². The smallest absolute Gasteiger partial charge is 0.256 e. The third-order valence-electron chi connectivity index (χ3n) is 5.26. The second kappa shape index (κ2) is 6.91. The zero-order chi connectivity index (χ0) is 20.8. The average molecular weight is 412 g/mol. The van der Waals surface area contributed by atoms with Gasteiger partial charge >= 0.3 is 0 Å². The maximum absolute atomic E-state index is 13.2. The quantitative estimate of drug-likeness (QED) is 0.529. The van der Waals surface area contributed by atoms with Crippen molar-refractivity contribution in [3.05, 3.63) is 72.3 Å². The molecule has 1 amide bonds. The van der Waals surface area contributed by atoms with Crippen LogP contribution in [0.25, 0.3) is 22.2 Å². The van der Waals surface area contributed by atoms with Gasteiger partial charge < -0.3 is 24.3 Å². The number of aromatic nitrogens is 1. The predicted molar refractivity (Wildman–Crippen MR) is 114 cm³/mol. The van der Waals surface area contributed by atoms with Gasteiger partial charge in [-0.25, -0.2) is 4.98 Å². The van der Waals surface area contributed by atoms with E-state index < -0.39 is 0 Å². The molecular weight excluding hydrogens is 396 g/mol. The van der Waals surface area contributed by atoms with Crippen LogP contribution in [0.2, 0.25) is 0 Å². The van der Waals surface area contributed by atoms with Gasteiger partial charge in [0.25, 0.3) is 5.91 Å². The van der Waals surface area contributed by atoms with Crippen molar-refractivity contribution in [3.63, 3.8) is 0 Å². The van der Waals surface area contributed by atoms with Crippen molar-refractivity contribution in [2.24, 2.45) is 0 Å². The lowest BCUT2D eigenvalue weighted by molar-refractivity contribution is 0.102. The summed E-state index contributed by atoms with van der Waals surface area (Å²) in [4.78, 5) is 18.0. The summed E-state index contributed by atoms with van der Waals surface area (Å²) in [6.45, 7) is 0.383. The van der Waals surface area contributed by atoms with Crippen molar-refractivity contribution >= 4 is 22.5 Å². The fraction of sp³-hybridized carbons (Fsp3) is 0.0833. The molecule has 152 valence electrons. The van der Waals surface area contributed by atoms with Gasteiger partial charge in [0.1, 0.15) is 0 Å². The number of amides is 1. The number of nitrogens with zero attached hydrogens (tertiary/aromatic N) is 1. The van der Waals surface area contributed by atoms with Crippen molar-refractivity contribution in [1.82, 2.24) is 4.98 Å². The highest BCUT2D eigenvalue weighted by Gasteiger charge is 2.19. The van der Waals surface area contributed by atoms with Gasteiger partial charge in [-0.05, 0) is 42.5 Å². The zero-order valence-corrected chi connectivity index (χ0v) is 16.3. The summed E-state index contributed by atoms with van der Waals surface area (Å²) in [5, 5.41) is 3.72. The highest BCUT2D eigenvalue weighted by Crippen LogP contribution is 2.37. The second-order valence-corrected chi connectivity index (χ2v) is 7.16. The minimum atomic E-state index is -0.237. The van der Waals surface area contributed by atoms with Crippen molar-refractivity contribution in [3.8, 4) is 34.3 Å². The number of carbonyl (C=O) groups excluding carboxylic acids is 1. The topological polar surface area (TPSA) is 78.9 Å². The Morgan fingerprint density at radius 3 is 2.32 bits per heavy atom. The summed E-state index contributed by atoms with van der Waals surface area (Å²) in [5.74, 6) is 2.40. The van der Waals surface area contributed by atoms with Crippen molar-refractivity contribution in [2.45, 2.75) is 0 Å². The Labute approximate surface area is 177 Å². The van der Waals surface area contributed by atoms with Crippen LogP contribution in [0.1, 0.15) is 10.4 Å². The SMILES string of the molecule is O=C(Nc1ccc2c(c1)OCO2)c1cc(-c2ccc3c(c2)OCO3)nc2ccccc12. The molecule has 1 aromatic heterocycles. The first-order valence-electron chi connectivity index (χ1n) is 9.75. The maximum atomic E-state index is 13.2. The molecule has 1 N–H and O–H groups in total. The Morgan fingerprint density at radius 2 is 1.48 bits per heavy atom. The van der Waals surface area contributed by atoms with E-state index in [2.05, 4.69) is 5.32 Å². The molecule has 3 heterocycles. The Kier molecular flexibility index (Phi) is 3.92. The van der Waals surface area contributed by atoms with Crippen LogP contribution in [0.3, 0.4) is 0 Å². The highest BCUT2D eigenvalue weighted by molar-refractivity contribution is 6.13. The van der Waals surface area contributed by atoms with Crippen LogP contribution in [0.5, 0.6) is 23.0 Å². The molecule has 0 saturated carbocycles. The van der Waals surface area contributed by atoms with E-state index >= 15 is 0 Å². The Hall–Kier alpha value is -4.26. The number of benzene rings is 3. The number of hydrogen-bond acceptors (Lipinski definition) is 6. The fourth-order valence-electron chi connectivity index (χ4n) is 3.74. The second-order valence-electron chi connectivity index (χ2n) is 7.16. The Bertz CT molecular complexity index is 1350. The van der Waals surface area contributed by atoms with Crippen molar-refractivity contribution in [1.29, 1.82) is 0 Å². The number of rotatable bonds is 3. The standard InChI is InChI=1S/C24H16N2O5/c27-24(25-15-6-8-21-23(10-15)31-13-29-21)17-11-19(26-18-4-2-1-3-16(17)18)14-5-7-20-22(9-14)30-12-28-20/h1-11H,12-13H2,(H,25,27). The van der Waals surface area contributed by atoms with Crippen LogP contribution in [0.15, 0.2) is 66.7 Å². The molecule has 0 atom stereocenters. The summed E-state index contributed by atoms with van der Waals surface area (Å²) in [6.07, 6.45) is 0. The third kappa shape index (κ3) is 3.07. The van der Waals surface area contributed by atoms with E-state index in [0.29, 0.717) is 39.9 Å². The van der Waals surface area contributed by atoms with E-state index in [1.165, 1.54) is 0 Å². The molecule has 3 aromatic carbocycles. The van der Waals surface area contributed by atoms with Crippen LogP contribution in [-0.2, 0) is 0 Å². The molecule has 2 aliphatic rings. The summed E-state index contributed by atoms with van der Waals surface area (Å²) in [6, 6.07) is 20.3. The maximum Gasteiger partial charge on any atom is 0.256 e. The first-order valence-corrected chi connectivity index (χ1v) is 9.75. The molecule has 6 rings (SSSR count). The molecule has 0 unspecified atom stereocenters. The molecule has 0 spiro atoms. The number of anilines is 1. The first-order chi connectivity index (χ1) is 15.2. The number of para-hydroxylation sites is 1. The van der Waals surface area contributed by atoms with E-state index in [1.54, 1.807) is 24.3 Å². The fourth-order valence-corrected chi connectivity index (χ4v) is 3.74. The molecule has 0 bridgehead atoms. The van der Waals surface area contributed by atoms with Gasteiger partial charge in [0.15, 0.2) is 23.0 Å². The number of pyridine rings is 1. The molecule has 2 aliphatic heterocycles. The zero-order valence-electron chi connectivity index (χ0n) is 16.3. The Morgan fingerprint density at radius 1 is 0.774 bits per heavy atom. The number of carbonyl (C=O) groups is 1. The molecule has 4 aromatic rings. The van der Waals surface area contributed by atoms with Crippen LogP contribution < -0.4 is 24.3 Å². The summed E-state index contributed by atoms with van der Waals surface area (Å²) in [7, 11) is 0. The van der Waals surface area contributed by atoms with Crippen molar-refractivity contribution in [2.75, 3.05) is 18.9 Å². The lowest BCUT2D eigenvalue weighted by atomic mass is 10.0. The van der Waals surface area contributed by atoms with E-state index in [9.17, 15) is 4.79 Å². The lowest BCUT2D eigenvalue weighted by Gasteiger charge is -2.11. The number of hydrogen-bond donors (Lipinski definition) is 1. The number of fused-ring (bicyclic) bond motifs is 3. The van der Waals surface area contributed by atoms with E-state index in [-0.39, 0.29) is 19.5 Å². The Balaban J connectivity index is 1.41. The first kappa shape index (κ1) is 17.6. The van der Waals surface area contributed by atoms with E-state index in [0.717, 1.165) is 16.5 Å². The monoisotopic (exact) mass is 412 g/mol. The minimum absolute atomic E-state index is 0.181. The minimum Gasteiger partial charge on any atom is -0.454 e. The van der Waals surface area contributed by atoms with Crippen LogP contribution in [0, 0.1) is 0 Å². The number of ether oxygens (including phenoxy) is 4. The van der Waals surface area contributed by atoms with Gasteiger partial charge in [0.2, 0.25) is 13.6 Å². The molecule has 0 aliphatic carbocycles. The van der Waals surface area contributed by atoms with Crippen LogP contribution in [0.4, 0.5) is 5.69 Å². The molecule has 0 fully saturated rings. The lowest BCUT2D eigenvalue weighted by Crippen LogP contribution is -2.13. The van der Waals surface area contributed by atoms with E-state index in [1.807, 2.05) is 42.5 Å². The summed E-state index contributed by atoms with van der Waals surface area (Å²) in [5.41, 5.74) is 3.39. The molecule has 31 heavy (non-hydrogen) atoms. The van der Waals surface area contributed by atoms with Crippen LogP contribution >= 0.6 is 0 Å². The van der Waals surface area contributed by atoms with Crippen LogP contribution in [-0.4, -0.2) is 24.5 Å². The summed E-state index contributed by atoms with van der Waals surface area (Å²) < 4.78 is 21.6. The molecule has 7 heteroatoms. The van der Waals surface area contributed by atoms with Crippen molar-refractivity contribution < 1.29 is 23.7 Å². The van der Waals surface area contributed by atoms with Gasteiger partial charge in [-0.15, -0.1) is 0 Å². The predicted octanol–water partition coefficient (Wildman–Crippen LogP) is 4.61. The molecular formula is C24H16N2O5. The van der Waals surface area contributed by atoms with Gasteiger partial charge in [-0.3, -0.25) is 4.79 Å². The van der Waals surface area contributed by atoms with Gasteiger partial charge in [-0.2, -0.15) is 0 Å². The molecule has 0 radical (unpaired) electrons. The summed E-state index contributed by atoms with van der Waals surface area (Å²) >= 11 is 0. The average Bonchev–Trinajstić information content (AvgIpc) is 3.46. The highest BCUT2D eigenvalue weighted by atomic mass is 16.7.